The van der Waals surface area contributed by atoms with Gasteiger partial charge in [0.2, 0.25) is 5.89 Å². The average molecular weight is 468 g/mol. The van der Waals surface area contributed by atoms with Crippen LogP contribution < -0.4 is 0 Å². The third-order valence-corrected chi connectivity index (χ3v) is 5.63. The van der Waals surface area contributed by atoms with Crippen molar-refractivity contribution in [1.82, 2.24) is 4.98 Å². The minimum Gasteiger partial charge on any atom is -0.455 e. The van der Waals surface area contributed by atoms with E-state index in [0.29, 0.717) is 38.1 Å². The molecule has 0 aliphatic carbocycles. The largest absolute Gasteiger partial charge is 0.455 e. The SMILES string of the molecule is Clc1ccc(-c2nc3cc(N=Cc4ccc(-c5ccc(Cl)c(Cl)c5)o4)ccc3o2)cc1. The molecule has 5 rings (SSSR count). The van der Waals surface area contributed by atoms with Crippen LogP contribution in [-0.2, 0) is 0 Å². The lowest BCUT2D eigenvalue weighted by molar-refractivity contribution is 0.575. The summed E-state index contributed by atoms with van der Waals surface area (Å²) in [4.78, 5) is 9.05. The van der Waals surface area contributed by atoms with Crippen molar-refractivity contribution in [1.29, 1.82) is 0 Å². The van der Waals surface area contributed by atoms with Gasteiger partial charge in [0.1, 0.15) is 17.0 Å². The van der Waals surface area contributed by atoms with Crippen molar-refractivity contribution in [3.8, 4) is 22.8 Å². The Labute approximate surface area is 192 Å². The Morgan fingerprint density at radius 1 is 0.742 bits per heavy atom. The van der Waals surface area contributed by atoms with Crippen LogP contribution in [0.5, 0.6) is 0 Å². The van der Waals surface area contributed by atoms with E-state index in [4.69, 9.17) is 43.6 Å². The molecular weight excluding hydrogens is 455 g/mol. The van der Waals surface area contributed by atoms with Gasteiger partial charge in [-0.25, -0.2) is 4.98 Å². The Bertz CT molecular complexity index is 1420. The third-order valence-electron chi connectivity index (χ3n) is 4.63. The van der Waals surface area contributed by atoms with E-state index >= 15 is 0 Å². The zero-order valence-electron chi connectivity index (χ0n) is 15.9. The van der Waals surface area contributed by atoms with Crippen molar-refractivity contribution >= 4 is 57.8 Å². The molecule has 7 heteroatoms. The first-order valence-corrected chi connectivity index (χ1v) is 10.4. The Hall–Kier alpha value is -3.05. The second-order valence-corrected chi connectivity index (χ2v) is 8.02. The molecule has 31 heavy (non-hydrogen) atoms. The number of aliphatic imine (C=N–C) groups is 1. The van der Waals surface area contributed by atoms with Gasteiger partial charge in [-0.3, -0.25) is 4.99 Å². The molecule has 2 heterocycles. The molecule has 0 bridgehead atoms. The van der Waals surface area contributed by atoms with Gasteiger partial charge in [-0.15, -0.1) is 0 Å². The molecule has 0 spiro atoms. The molecule has 0 N–H and O–H groups in total. The fourth-order valence-electron chi connectivity index (χ4n) is 3.08. The van der Waals surface area contributed by atoms with E-state index in [0.717, 1.165) is 22.3 Å². The van der Waals surface area contributed by atoms with Crippen molar-refractivity contribution in [3.63, 3.8) is 0 Å². The standard InChI is InChI=1S/C24H13Cl3N2O2/c25-16-4-1-14(2-5-16)24-29-21-12-17(6-9-23(21)31-24)28-13-18-7-10-22(30-18)15-3-8-19(26)20(27)11-15/h1-13H. The quantitative estimate of drug-likeness (QED) is 0.249. The minimum absolute atomic E-state index is 0.477. The van der Waals surface area contributed by atoms with Gasteiger partial charge in [-0.2, -0.15) is 0 Å². The zero-order chi connectivity index (χ0) is 21.4. The summed E-state index contributed by atoms with van der Waals surface area (Å²) in [5.74, 6) is 1.83. The van der Waals surface area contributed by atoms with Crippen molar-refractivity contribution in [3.05, 3.63) is 93.6 Å². The average Bonchev–Trinajstić information content (AvgIpc) is 3.41. The van der Waals surface area contributed by atoms with E-state index in [9.17, 15) is 0 Å². The number of oxazole rings is 1. The van der Waals surface area contributed by atoms with E-state index < -0.39 is 0 Å². The van der Waals surface area contributed by atoms with E-state index in [1.807, 2.05) is 48.5 Å². The van der Waals surface area contributed by atoms with Crippen LogP contribution in [0.1, 0.15) is 5.76 Å². The lowest BCUT2D eigenvalue weighted by atomic mass is 10.2. The lowest BCUT2D eigenvalue weighted by Gasteiger charge is -1.99. The highest BCUT2D eigenvalue weighted by molar-refractivity contribution is 6.42. The van der Waals surface area contributed by atoms with Crippen LogP contribution in [0.25, 0.3) is 33.9 Å². The molecule has 0 atom stereocenters. The summed E-state index contributed by atoms with van der Waals surface area (Å²) in [7, 11) is 0. The first kappa shape index (κ1) is 19.9. The molecule has 0 aliphatic heterocycles. The van der Waals surface area contributed by atoms with Crippen LogP contribution in [0.4, 0.5) is 5.69 Å². The second-order valence-electron chi connectivity index (χ2n) is 6.77. The summed E-state index contributed by atoms with van der Waals surface area (Å²) < 4.78 is 11.7. The maximum atomic E-state index is 6.09. The Morgan fingerprint density at radius 3 is 2.35 bits per heavy atom. The van der Waals surface area contributed by atoms with E-state index in [-0.39, 0.29) is 0 Å². The number of furan rings is 1. The molecule has 0 saturated carbocycles. The summed E-state index contributed by atoms with van der Waals surface area (Å²) in [5.41, 5.74) is 3.83. The maximum Gasteiger partial charge on any atom is 0.227 e. The van der Waals surface area contributed by atoms with E-state index in [1.165, 1.54) is 0 Å². The molecule has 0 unspecified atom stereocenters. The minimum atomic E-state index is 0.477. The van der Waals surface area contributed by atoms with Crippen molar-refractivity contribution in [2.75, 3.05) is 0 Å². The van der Waals surface area contributed by atoms with Crippen molar-refractivity contribution in [2.45, 2.75) is 0 Å². The Balaban J connectivity index is 1.38. The summed E-state index contributed by atoms with van der Waals surface area (Å²) in [5, 5.41) is 1.64. The Morgan fingerprint density at radius 2 is 1.55 bits per heavy atom. The van der Waals surface area contributed by atoms with E-state index in [2.05, 4.69) is 9.98 Å². The number of hydrogen-bond donors (Lipinski definition) is 0. The molecule has 0 amide bonds. The van der Waals surface area contributed by atoms with Gasteiger partial charge in [0.25, 0.3) is 0 Å². The molecule has 0 fully saturated rings. The normalized spacial score (nSPS) is 11.6. The summed E-state index contributed by atoms with van der Waals surface area (Å²) in [6.45, 7) is 0. The molecule has 0 saturated heterocycles. The molecule has 0 aliphatic rings. The monoisotopic (exact) mass is 466 g/mol. The van der Waals surface area contributed by atoms with Crippen LogP contribution in [0.3, 0.4) is 0 Å². The van der Waals surface area contributed by atoms with Gasteiger partial charge in [0.15, 0.2) is 5.58 Å². The number of halogens is 3. The van der Waals surface area contributed by atoms with Crippen LogP contribution in [0.2, 0.25) is 15.1 Å². The molecule has 152 valence electrons. The van der Waals surface area contributed by atoms with Crippen molar-refractivity contribution < 1.29 is 8.83 Å². The second kappa shape index (κ2) is 8.23. The molecular formula is C24H13Cl3N2O2. The smallest absolute Gasteiger partial charge is 0.227 e. The highest BCUT2D eigenvalue weighted by Crippen LogP contribution is 2.30. The topological polar surface area (TPSA) is 51.5 Å². The van der Waals surface area contributed by atoms with Gasteiger partial charge in [0.05, 0.1) is 21.9 Å². The number of fused-ring (bicyclic) bond motifs is 1. The first-order chi connectivity index (χ1) is 15.0. The van der Waals surface area contributed by atoms with Crippen LogP contribution in [0.15, 0.2) is 86.6 Å². The zero-order valence-corrected chi connectivity index (χ0v) is 18.1. The van der Waals surface area contributed by atoms with Gasteiger partial charge < -0.3 is 8.83 Å². The third kappa shape index (κ3) is 4.23. The summed E-state index contributed by atoms with van der Waals surface area (Å²) >= 11 is 18.0. The first-order valence-electron chi connectivity index (χ1n) is 9.31. The van der Waals surface area contributed by atoms with Gasteiger partial charge in [-0.1, -0.05) is 34.8 Å². The molecule has 0 radical (unpaired) electrons. The molecule has 2 aromatic heterocycles. The highest BCUT2D eigenvalue weighted by Gasteiger charge is 2.09. The lowest BCUT2D eigenvalue weighted by Crippen LogP contribution is -1.77. The van der Waals surface area contributed by atoms with Crippen LogP contribution in [-0.4, -0.2) is 11.2 Å². The molecule has 3 aromatic carbocycles. The van der Waals surface area contributed by atoms with E-state index in [1.54, 1.807) is 30.5 Å². The van der Waals surface area contributed by atoms with Gasteiger partial charge in [0, 0.05) is 16.1 Å². The fraction of sp³-hybridized carbons (Fsp3) is 0. The van der Waals surface area contributed by atoms with Crippen LogP contribution >= 0.6 is 34.8 Å². The maximum absolute atomic E-state index is 6.09. The fourth-order valence-corrected chi connectivity index (χ4v) is 3.50. The summed E-state index contributed by atoms with van der Waals surface area (Å²) in [6, 6.07) is 22.0. The van der Waals surface area contributed by atoms with Crippen molar-refractivity contribution in [2.24, 2.45) is 4.99 Å². The summed E-state index contributed by atoms with van der Waals surface area (Å²) in [6.07, 6.45) is 1.66. The highest BCUT2D eigenvalue weighted by atomic mass is 35.5. The molecule has 5 aromatic rings. The predicted octanol–water partition coefficient (Wildman–Crippen LogP) is 8.47. The van der Waals surface area contributed by atoms with Gasteiger partial charge >= 0.3 is 0 Å². The number of nitrogens with zero attached hydrogens (tertiary/aromatic N) is 2. The Kier molecular flexibility index (Phi) is 5.28. The number of hydrogen-bond acceptors (Lipinski definition) is 4. The number of benzene rings is 3. The van der Waals surface area contributed by atoms with Gasteiger partial charge in [-0.05, 0) is 72.8 Å². The molecule has 4 nitrogen and oxygen atoms in total. The number of rotatable bonds is 4. The predicted molar refractivity (Wildman–Crippen MR) is 126 cm³/mol. The number of aromatic nitrogens is 1. The van der Waals surface area contributed by atoms with Crippen LogP contribution in [0, 0.1) is 0 Å².